The third-order valence-corrected chi connectivity index (χ3v) is 2.64. The Labute approximate surface area is 95.6 Å². The highest BCUT2D eigenvalue weighted by Crippen LogP contribution is 2.32. The molecule has 0 aromatic heterocycles. The lowest BCUT2D eigenvalue weighted by atomic mass is 9.85. The number of rotatable bonds is 3. The summed E-state index contributed by atoms with van der Waals surface area (Å²) < 4.78 is 0.625. The predicted octanol–water partition coefficient (Wildman–Crippen LogP) is 2.83. The van der Waals surface area contributed by atoms with Crippen molar-refractivity contribution in [3.63, 3.8) is 0 Å². The first-order valence-electron chi connectivity index (χ1n) is 4.29. The van der Waals surface area contributed by atoms with Gasteiger partial charge in [0, 0.05) is 16.1 Å². The van der Waals surface area contributed by atoms with Gasteiger partial charge in [-0.05, 0) is 19.9 Å². The molecule has 0 aliphatic heterocycles. The van der Waals surface area contributed by atoms with E-state index in [1.165, 1.54) is 6.07 Å². The van der Waals surface area contributed by atoms with E-state index in [-0.39, 0.29) is 5.69 Å². The quantitative estimate of drug-likeness (QED) is 0.483. The van der Waals surface area contributed by atoms with E-state index in [1.807, 2.05) is 0 Å². The smallest absolute Gasteiger partial charge is 0.274 e. The third kappa shape index (κ3) is 2.41. The summed E-state index contributed by atoms with van der Waals surface area (Å²) in [6, 6.07) is 4.69. The molecule has 15 heavy (non-hydrogen) atoms. The van der Waals surface area contributed by atoms with Crippen molar-refractivity contribution in [1.82, 2.24) is 0 Å². The van der Waals surface area contributed by atoms with E-state index >= 15 is 0 Å². The Morgan fingerprint density at radius 3 is 2.53 bits per heavy atom. The van der Waals surface area contributed by atoms with Gasteiger partial charge in [0.05, 0.1) is 10.3 Å². The van der Waals surface area contributed by atoms with Gasteiger partial charge in [-0.3, -0.25) is 10.1 Å². The van der Waals surface area contributed by atoms with Crippen LogP contribution in [0.1, 0.15) is 19.4 Å². The van der Waals surface area contributed by atoms with Crippen LogP contribution in [-0.4, -0.2) is 11.2 Å². The van der Waals surface area contributed by atoms with Crippen LogP contribution >= 0.6 is 15.9 Å². The molecule has 5 heteroatoms. The summed E-state index contributed by atoms with van der Waals surface area (Å²) in [5.41, 5.74) is -0.462. The highest BCUT2D eigenvalue weighted by atomic mass is 79.9. The topological polar surface area (TPSA) is 60.2 Å². The van der Waals surface area contributed by atoms with Crippen LogP contribution in [0.5, 0.6) is 0 Å². The average Bonchev–Trinajstić information content (AvgIpc) is 2.17. The van der Waals surface area contributed by atoms with Crippen LogP contribution in [0, 0.1) is 10.1 Å². The molecule has 0 heterocycles. The van der Waals surface area contributed by atoms with E-state index in [0.29, 0.717) is 16.3 Å². The number of carbonyl (C=O) groups is 1. The number of halogens is 1. The van der Waals surface area contributed by atoms with Crippen LogP contribution < -0.4 is 0 Å². The molecule has 0 amide bonds. The molecule has 1 rings (SSSR count). The summed E-state index contributed by atoms with van der Waals surface area (Å²) in [4.78, 5) is 21.2. The lowest BCUT2D eigenvalue weighted by Crippen LogP contribution is -2.20. The summed E-state index contributed by atoms with van der Waals surface area (Å²) >= 11 is 3.16. The Bertz CT molecular complexity index is 415. The summed E-state index contributed by atoms with van der Waals surface area (Å²) in [7, 11) is 0. The fourth-order valence-electron chi connectivity index (χ4n) is 1.26. The molecule has 0 aliphatic rings. The summed E-state index contributed by atoms with van der Waals surface area (Å²) in [5.74, 6) is 0. The zero-order valence-corrected chi connectivity index (χ0v) is 9.95. The van der Waals surface area contributed by atoms with Gasteiger partial charge in [0.2, 0.25) is 0 Å². The minimum Gasteiger partial charge on any atom is -0.302 e. The number of nitro groups is 1. The van der Waals surface area contributed by atoms with Crippen molar-refractivity contribution in [3.05, 3.63) is 38.3 Å². The van der Waals surface area contributed by atoms with Gasteiger partial charge in [-0.2, -0.15) is 0 Å². The van der Waals surface area contributed by atoms with Gasteiger partial charge < -0.3 is 4.79 Å². The van der Waals surface area contributed by atoms with Crippen molar-refractivity contribution < 1.29 is 9.72 Å². The van der Waals surface area contributed by atoms with E-state index in [2.05, 4.69) is 15.9 Å². The molecule has 0 atom stereocenters. The molecule has 4 nitrogen and oxygen atoms in total. The second kappa shape index (κ2) is 4.10. The van der Waals surface area contributed by atoms with Gasteiger partial charge >= 0.3 is 0 Å². The van der Waals surface area contributed by atoms with Crippen molar-refractivity contribution in [3.8, 4) is 0 Å². The van der Waals surface area contributed by atoms with Crippen LogP contribution in [0.3, 0.4) is 0 Å². The number of benzene rings is 1. The predicted molar refractivity (Wildman–Crippen MR) is 59.9 cm³/mol. The highest BCUT2D eigenvalue weighted by molar-refractivity contribution is 9.10. The minimum absolute atomic E-state index is 0.0403. The Morgan fingerprint density at radius 1 is 1.47 bits per heavy atom. The van der Waals surface area contributed by atoms with Crippen molar-refractivity contribution in [1.29, 1.82) is 0 Å². The lowest BCUT2D eigenvalue weighted by Gasteiger charge is -2.17. The Morgan fingerprint density at radius 2 is 2.07 bits per heavy atom. The SMILES string of the molecule is CC(C)(C=O)c1ccc(Br)cc1[N+](=O)[O-]. The van der Waals surface area contributed by atoms with Gasteiger partial charge in [0.15, 0.2) is 0 Å². The van der Waals surface area contributed by atoms with Crippen LogP contribution in [0.15, 0.2) is 22.7 Å². The number of aldehydes is 1. The highest BCUT2D eigenvalue weighted by Gasteiger charge is 2.28. The maximum Gasteiger partial charge on any atom is 0.274 e. The summed E-state index contributed by atoms with van der Waals surface area (Å²) in [5, 5.41) is 10.8. The minimum atomic E-state index is -0.844. The first kappa shape index (κ1) is 11.8. The standard InChI is InChI=1S/C10H10BrNO3/c1-10(2,6-13)8-4-3-7(11)5-9(8)12(14)15/h3-6H,1-2H3. The third-order valence-electron chi connectivity index (χ3n) is 2.15. The molecular formula is C10H10BrNO3. The van der Waals surface area contributed by atoms with Gasteiger partial charge in [-0.15, -0.1) is 0 Å². The number of carbonyl (C=O) groups excluding carboxylic acids is 1. The van der Waals surface area contributed by atoms with Crippen molar-refractivity contribution in [2.75, 3.05) is 0 Å². The van der Waals surface area contributed by atoms with E-state index in [9.17, 15) is 14.9 Å². The van der Waals surface area contributed by atoms with Crippen LogP contribution in [0.2, 0.25) is 0 Å². The van der Waals surface area contributed by atoms with Gasteiger partial charge in [0.25, 0.3) is 5.69 Å². The normalized spacial score (nSPS) is 11.1. The molecule has 80 valence electrons. The van der Waals surface area contributed by atoms with E-state index < -0.39 is 10.3 Å². The zero-order valence-electron chi connectivity index (χ0n) is 8.36. The molecule has 0 unspecified atom stereocenters. The van der Waals surface area contributed by atoms with Crippen LogP contribution in [0.4, 0.5) is 5.69 Å². The molecule has 0 radical (unpaired) electrons. The van der Waals surface area contributed by atoms with Gasteiger partial charge in [0.1, 0.15) is 6.29 Å². The number of hydrogen-bond acceptors (Lipinski definition) is 3. The van der Waals surface area contributed by atoms with Crippen molar-refractivity contribution in [2.45, 2.75) is 19.3 Å². The maximum absolute atomic E-state index is 10.9. The second-order valence-corrected chi connectivity index (χ2v) is 4.67. The number of nitrogens with zero attached hydrogens (tertiary/aromatic N) is 1. The molecule has 0 spiro atoms. The Kier molecular flexibility index (Phi) is 3.24. The fraction of sp³-hybridized carbons (Fsp3) is 0.300. The molecular weight excluding hydrogens is 262 g/mol. The van der Waals surface area contributed by atoms with Crippen LogP contribution in [-0.2, 0) is 10.2 Å². The molecule has 0 fully saturated rings. The lowest BCUT2D eigenvalue weighted by molar-refractivity contribution is -0.386. The molecule has 1 aromatic rings. The second-order valence-electron chi connectivity index (χ2n) is 3.76. The van der Waals surface area contributed by atoms with Crippen molar-refractivity contribution >= 4 is 27.9 Å². The maximum atomic E-state index is 10.9. The van der Waals surface area contributed by atoms with E-state index in [0.717, 1.165) is 0 Å². The zero-order chi connectivity index (χ0) is 11.6. The van der Waals surface area contributed by atoms with Crippen LogP contribution in [0.25, 0.3) is 0 Å². The summed E-state index contributed by atoms with van der Waals surface area (Å²) in [6.07, 6.45) is 0.712. The summed E-state index contributed by atoms with van der Waals surface area (Å²) in [6.45, 7) is 3.30. The fourth-order valence-corrected chi connectivity index (χ4v) is 1.61. The molecule has 0 N–H and O–H groups in total. The molecule has 0 aliphatic carbocycles. The molecule has 1 aromatic carbocycles. The van der Waals surface area contributed by atoms with Gasteiger partial charge in [-0.25, -0.2) is 0 Å². The average molecular weight is 272 g/mol. The van der Waals surface area contributed by atoms with E-state index in [1.54, 1.807) is 26.0 Å². The largest absolute Gasteiger partial charge is 0.302 e. The number of hydrogen-bond donors (Lipinski definition) is 0. The van der Waals surface area contributed by atoms with E-state index in [4.69, 9.17) is 0 Å². The first-order valence-corrected chi connectivity index (χ1v) is 5.08. The number of nitro benzene ring substituents is 1. The monoisotopic (exact) mass is 271 g/mol. The Hall–Kier alpha value is -1.23. The van der Waals surface area contributed by atoms with Gasteiger partial charge in [-0.1, -0.05) is 22.0 Å². The molecule has 0 saturated heterocycles. The molecule has 0 saturated carbocycles. The Balaban J connectivity index is 3.41. The molecule has 0 bridgehead atoms. The van der Waals surface area contributed by atoms with Crippen molar-refractivity contribution in [2.24, 2.45) is 0 Å². The first-order chi connectivity index (χ1) is 6.88.